The third-order valence-electron chi connectivity index (χ3n) is 8.03. The Kier molecular flexibility index (Phi) is 5.22. The van der Waals surface area contributed by atoms with Gasteiger partial charge in [-0.15, -0.1) is 0 Å². The second-order valence-electron chi connectivity index (χ2n) is 10.5. The molecule has 3 aliphatic rings. The van der Waals surface area contributed by atoms with Crippen molar-refractivity contribution in [2.75, 3.05) is 31.1 Å². The van der Waals surface area contributed by atoms with E-state index in [1.54, 1.807) is 0 Å². The molecule has 1 saturated carbocycles. The lowest BCUT2D eigenvalue weighted by Crippen LogP contribution is -2.30. The van der Waals surface area contributed by atoms with Gasteiger partial charge in [-0.3, -0.25) is 4.57 Å². The summed E-state index contributed by atoms with van der Waals surface area (Å²) in [6.45, 7) is 3.78. The van der Waals surface area contributed by atoms with Gasteiger partial charge in [0.1, 0.15) is 5.82 Å². The molecule has 0 unspecified atom stereocenters. The average molecular weight is 484 g/mol. The van der Waals surface area contributed by atoms with Crippen molar-refractivity contribution >= 4 is 5.69 Å². The number of hydrogen-bond acceptors (Lipinski definition) is 4. The van der Waals surface area contributed by atoms with E-state index >= 15 is 0 Å². The molecule has 2 atom stereocenters. The summed E-state index contributed by atoms with van der Waals surface area (Å²) >= 11 is 0. The second kappa shape index (κ2) is 8.61. The molecule has 2 aromatic heterocycles. The zero-order valence-corrected chi connectivity index (χ0v) is 20.1. The topological polar surface area (TPSA) is 58.2 Å². The van der Waals surface area contributed by atoms with E-state index in [4.69, 9.17) is 0 Å². The Labute approximate surface area is 210 Å². The average Bonchev–Trinajstić information content (AvgIpc) is 3.27. The number of anilines is 1. The normalized spacial score (nSPS) is 20.7. The van der Waals surface area contributed by atoms with Crippen molar-refractivity contribution < 1.29 is 9.50 Å². The zero-order chi connectivity index (χ0) is 24.2. The predicted octanol–water partition coefficient (Wildman–Crippen LogP) is 4.31. The van der Waals surface area contributed by atoms with E-state index in [9.17, 15) is 9.50 Å². The summed E-state index contributed by atoms with van der Waals surface area (Å²) in [5, 5.41) is 13.7. The molecule has 1 saturated heterocycles. The molecular weight excluding hydrogens is 453 g/mol. The first kappa shape index (κ1) is 21.8. The number of hydrogen-bond donors (Lipinski definition) is 2. The first-order valence-corrected chi connectivity index (χ1v) is 12.9. The minimum atomic E-state index is -0.229. The fraction of sp³-hybridized carbons (Fsp3) is 0.345. The van der Waals surface area contributed by atoms with Gasteiger partial charge in [0.05, 0.1) is 11.4 Å². The Balaban J connectivity index is 1.21. The zero-order valence-electron chi connectivity index (χ0n) is 20.1. The van der Waals surface area contributed by atoms with E-state index < -0.39 is 0 Å². The molecule has 0 bridgehead atoms. The molecule has 2 N–H and O–H groups in total. The van der Waals surface area contributed by atoms with Gasteiger partial charge in [-0.05, 0) is 66.3 Å². The van der Waals surface area contributed by atoms with Crippen LogP contribution in [-0.2, 0) is 6.54 Å². The maximum Gasteiger partial charge on any atom is 0.161 e. The number of nitrogens with zero attached hydrogens (tertiary/aromatic N) is 4. The van der Waals surface area contributed by atoms with E-state index in [-0.39, 0.29) is 12.4 Å². The van der Waals surface area contributed by atoms with E-state index in [2.05, 4.69) is 54.8 Å². The van der Waals surface area contributed by atoms with Crippen LogP contribution in [0.1, 0.15) is 18.4 Å². The molecule has 4 heterocycles. The molecule has 0 radical (unpaired) electrons. The fourth-order valence-electron chi connectivity index (χ4n) is 5.82. The van der Waals surface area contributed by atoms with Gasteiger partial charge in [-0.25, -0.2) is 9.37 Å². The number of fused-ring (bicyclic) bond motifs is 5. The molecule has 7 heteroatoms. The lowest BCUT2D eigenvalue weighted by atomic mass is 9.97. The molecule has 0 amide bonds. The maximum absolute atomic E-state index is 13.5. The monoisotopic (exact) mass is 483 g/mol. The number of halogens is 1. The van der Waals surface area contributed by atoms with Crippen molar-refractivity contribution in [2.24, 2.45) is 11.8 Å². The van der Waals surface area contributed by atoms with Crippen LogP contribution in [0.5, 0.6) is 0 Å². The lowest BCUT2D eigenvalue weighted by molar-refractivity contribution is 0.203. The number of rotatable bonds is 6. The summed E-state index contributed by atoms with van der Waals surface area (Å²) in [5.41, 5.74) is 6.66. The van der Waals surface area contributed by atoms with Gasteiger partial charge >= 0.3 is 0 Å². The Morgan fingerprint density at radius 1 is 1.00 bits per heavy atom. The number of imidazole rings is 1. The Bertz CT molecular complexity index is 1400. The van der Waals surface area contributed by atoms with E-state index in [1.165, 1.54) is 36.2 Å². The van der Waals surface area contributed by atoms with Crippen LogP contribution in [-0.4, -0.2) is 51.5 Å². The third-order valence-corrected chi connectivity index (χ3v) is 8.03. The SMILES string of the molecule is OC[C@H]1CN(c2ccc3c(c2)Cn2cc(-c4ccc(F)cc4)cc2-c2nccn2-3)C[C@@H]1CNC1CC1. The maximum atomic E-state index is 13.5. The van der Waals surface area contributed by atoms with Crippen LogP contribution in [0.15, 0.2) is 67.1 Å². The minimum Gasteiger partial charge on any atom is -0.396 e. The minimum absolute atomic E-state index is 0.229. The van der Waals surface area contributed by atoms with Gasteiger partial charge in [-0.2, -0.15) is 0 Å². The van der Waals surface area contributed by atoms with Crippen molar-refractivity contribution in [1.29, 1.82) is 0 Å². The molecule has 184 valence electrons. The van der Waals surface area contributed by atoms with Crippen LogP contribution < -0.4 is 10.2 Å². The van der Waals surface area contributed by atoms with Crippen molar-refractivity contribution in [3.05, 3.63) is 78.5 Å². The van der Waals surface area contributed by atoms with Gasteiger partial charge < -0.3 is 19.9 Å². The summed E-state index contributed by atoms with van der Waals surface area (Å²) in [6.07, 6.45) is 8.57. The molecule has 1 aliphatic carbocycles. The van der Waals surface area contributed by atoms with Crippen molar-refractivity contribution in [1.82, 2.24) is 19.4 Å². The highest BCUT2D eigenvalue weighted by molar-refractivity contribution is 5.72. The van der Waals surface area contributed by atoms with Crippen molar-refractivity contribution in [3.8, 4) is 28.3 Å². The highest BCUT2D eigenvalue weighted by Gasteiger charge is 2.34. The predicted molar refractivity (Wildman–Crippen MR) is 139 cm³/mol. The third kappa shape index (κ3) is 3.83. The number of aliphatic hydroxyl groups excluding tert-OH is 1. The fourth-order valence-corrected chi connectivity index (χ4v) is 5.82. The molecule has 4 aromatic rings. The number of benzene rings is 2. The van der Waals surface area contributed by atoms with E-state index in [1.807, 2.05) is 24.5 Å². The van der Waals surface area contributed by atoms with Crippen LogP contribution in [0, 0.1) is 17.7 Å². The van der Waals surface area contributed by atoms with Crippen LogP contribution in [0.2, 0.25) is 0 Å². The standard InChI is InChI=1S/C29H30FN5O/c30-24-3-1-19(2-4-24)20-12-28-29-31-9-10-35(29)27-8-7-26(11-21(27)15-34(28)14-20)33-16-22(23(17-33)18-36)13-32-25-5-6-25/h1-4,7-12,14,22-23,25,32,36H,5-6,13,15-18H2/t22-,23+/m0/s1. The summed E-state index contributed by atoms with van der Waals surface area (Å²) < 4.78 is 17.9. The van der Waals surface area contributed by atoms with Gasteiger partial charge in [0.15, 0.2) is 5.82 Å². The van der Waals surface area contributed by atoms with Gasteiger partial charge in [0.2, 0.25) is 0 Å². The van der Waals surface area contributed by atoms with Crippen molar-refractivity contribution in [2.45, 2.75) is 25.4 Å². The van der Waals surface area contributed by atoms with Gasteiger partial charge in [-0.1, -0.05) is 12.1 Å². The molecule has 36 heavy (non-hydrogen) atoms. The highest BCUT2D eigenvalue weighted by Crippen LogP contribution is 2.36. The summed E-state index contributed by atoms with van der Waals surface area (Å²) in [5.74, 6) is 1.43. The second-order valence-corrected chi connectivity index (χ2v) is 10.5. The van der Waals surface area contributed by atoms with Crippen LogP contribution in [0.3, 0.4) is 0 Å². The first-order chi connectivity index (χ1) is 17.7. The Morgan fingerprint density at radius 3 is 2.64 bits per heavy atom. The smallest absolute Gasteiger partial charge is 0.161 e. The molecule has 6 nitrogen and oxygen atoms in total. The molecular formula is C29H30FN5O. The summed E-state index contributed by atoms with van der Waals surface area (Å²) in [6, 6.07) is 16.2. The van der Waals surface area contributed by atoms with Crippen LogP contribution in [0.25, 0.3) is 28.3 Å². The first-order valence-electron chi connectivity index (χ1n) is 12.9. The van der Waals surface area contributed by atoms with Crippen LogP contribution >= 0.6 is 0 Å². The quantitative estimate of drug-likeness (QED) is 0.378. The van der Waals surface area contributed by atoms with Gasteiger partial charge in [0, 0.05) is 74.6 Å². The largest absolute Gasteiger partial charge is 0.396 e. The van der Waals surface area contributed by atoms with Gasteiger partial charge in [0.25, 0.3) is 0 Å². The molecule has 0 spiro atoms. The molecule has 2 aliphatic heterocycles. The summed E-state index contributed by atoms with van der Waals surface area (Å²) in [4.78, 5) is 7.12. The molecule has 2 fully saturated rings. The lowest BCUT2D eigenvalue weighted by Gasteiger charge is -2.21. The van der Waals surface area contributed by atoms with Crippen molar-refractivity contribution in [3.63, 3.8) is 0 Å². The Hall–Kier alpha value is -3.42. The number of nitrogens with one attached hydrogen (secondary N) is 1. The summed E-state index contributed by atoms with van der Waals surface area (Å²) in [7, 11) is 0. The van der Waals surface area contributed by atoms with E-state index in [0.29, 0.717) is 17.9 Å². The number of aromatic nitrogens is 3. The molecule has 7 rings (SSSR count). The van der Waals surface area contributed by atoms with E-state index in [0.717, 1.165) is 54.5 Å². The number of aliphatic hydroxyl groups is 1. The Morgan fingerprint density at radius 2 is 1.83 bits per heavy atom. The highest BCUT2D eigenvalue weighted by atomic mass is 19.1. The molecule has 2 aromatic carbocycles. The van der Waals surface area contributed by atoms with Crippen LogP contribution in [0.4, 0.5) is 10.1 Å².